The number of nitrogens with zero attached hydrogens (tertiary/aromatic N) is 1. The Morgan fingerprint density at radius 1 is 1.05 bits per heavy atom. The third kappa shape index (κ3) is 2.81. The van der Waals surface area contributed by atoms with Gasteiger partial charge in [0.15, 0.2) is 9.84 Å². The van der Waals surface area contributed by atoms with E-state index >= 15 is 0 Å². The van der Waals surface area contributed by atoms with Crippen molar-refractivity contribution in [3.8, 4) is 0 Å². The van der Waals surface area contributed by atoms with Crippen molar-refractivity contribution in [2.24, 2.45) is 5.92 Å². The maximum atomic E-state index is 13.1. The number of aromatic nitrogens is 1. The minimum Gasteiger partial charge on any atom is -0.300 e. The van der Waals surface area contributed by atoms with Gasteiger partial charge in [0.1, 0.15) is 11.0 Å². The zero-order chi connectivity index (χ0) is 15.6. The standard InChI is InChI=1S/C17H17NO3S/c19-14-10-9-13(12-14)17(16-8-4-5-11-18-16)22(20,21)15-6-2-1-3-7-15/h1-8,11,13,17H,9-10,12H2. The van der Waals surface area contributed by atoms with Crippen LogP contribution in [0.2, 0.25) is 0 Å². The van der Waals surface area contributed by atoms with E-state index in [9.17, 15) is 13.2 Å². The summed E-state index contributed by atoms with van der Waals surface area (Å²) in [4.78, 5) is 16.2. The minimum atomic E-state index is -3.58. The Labute approximate surface area is 130 Å². The molecule has 4 nitrogen and oxygen atoms in total. The normalized spacial score (nSPS) is 20.0. The first-order chi connectivity index (χ1) is 10.6. The van der Waals surface area contributed by atoms with Gasteiger partial charge >= 0.3 is 0 Å². The highest BCUT2D eigenvalue weighted by Gasteiger charge is 2.40. The highest BCUT2D eigenvalue weighted by atomic mass is 32.2. The van der Waals surface area contributed by atoms with Crippen molar-refractivity contribution < 1.29 is 13.2 Å². The quantitative estimate of drug-likeness (QED) is 0.870. The van der Waals surface area contributed by atoms with Crippen LogP contribution < -0.4 is 0 Å². The average molecular weight is 315 g/mol. The molecule has 0 amide bonds. The van der Waals surface area contributed by atoms with E-state index in [0.29, 0.717) is 25.0 Å². The van der Waals surface area contributed by atoms with Crippen molar-refractivity contribution in [2.75, 3.05) is 0 Å². The molecule has 2 atom stereocenters. The van der Waals surface area contributed by atoms with Crippen LogP contribution in [0.15, 0.2) is 59.6 Å². The van der Waals surface area contributed by atoms with Gasteiger partial charge in [-0.15, -0.1) is 0 Å². The summed E-state index contributed by atoms with van der Waals surface area (Å²) < 4.78 is 26.2. The maximum absolute atomic E-state index is 13.1. The molecule has 0 aliphatic heterocycles. The summed E-state index contributed by atoms with van der Waals surface area (Å²) in [6, 6.07) is 13.7. The number of Topliss-reactive ketones (excluding diaryl/α,β-unsaturated/α-hetero) is 1. The predicted molar refractivity (Wildman–Crippen MR) is 83.0 cm³/mol. The summed E-state index contributed by atoms with van der Waals surface area (Å²) in [5, 5.41) is -0.762. The van der Waals surface area contributed by atoms with Gasteiger partial charge in [-0.05, 0) is 36.6 Å². The van der Waals surface area contributed by atoms with Gasteiger partial charge in [-0.3, -0.25) is 9.78 Å². The molecular formula is C17H17NO3S. The maximum Gasteiger partial charge on any atom is 0.187 e. The fourth-order valence-corrected chi connectivity index (χ4v) is 5.08. The molecule has 3 rings (SSSR count). The Morgan fingerprint density at radius 3 is 2.36 bits per heavy atom. The molecule has 1 heterocycles. The molecule has 1 aromatic carbocycles. The SMILES string of the molecule is O=C1CCC(C(c2ccccn2)S(=O)(=O)c2ccccc2)C1. The number of pyridine rings is 1. The average Bonchev–Trinajstić information content (AvgIpc) is 2.95. The largest absolute Gasteiger partial charge is 0.300 e. The van der Waals surface area contributed by atoms with Crippen molar-refractivity contribution >= 4 is 15.6 Å². The molecule has 1 saturated carbocycles. The third-order valence-electron chi connectivity index (χ3n) is 4.10. The first kappa shape index (κ1) is 14.9. The van der Waals surface area contributed by atoms with Gasteiger partial charge in [0.05, 0.1) is 10.6 Å². The molecule has 0 bridgehead atoms. The van der Waals surface area contributed by atoms with Crippen LogP contribution in [0.5, 0.6) is 0 Å². The summed E-state index contributed by atoms with van der Waals surface area (Å²) >= 11 is 0. The molecule has 2 aromatic rings. The zero-order valence-corrected chi connectivity index (χ0v) is 12.9. The van der Waals surface area contributed by atoms with Crippen molar-refractivity contribution in [2.45, 2.75) is 29.4 Å². The molecule has 5 heteroatoms. The predicted octanol–water partition coefficient (Wildman–Crippen LogP) is 2.97. The van der Waals surface area contributed by atoms with Crippen LogP contribution in [0.4, 0.5) is 0 Å². The molecule has 0 saturated heterocycles. The lowest BCUT2D eigenvalue weighted by atomic mass is 10.0. The van der Waals surface area contributed by atoms with Gasteiger partial charge in [0, 0.05) is 19.0 Å². The van der Waals surface area contributed by atoms with Crippen LogP contribution in [0.3, 0.4) is 0 Å². The number of ketones is 1. The van der Waals surface area contributed by atoms with E-state index in [0.717, 1.165) is 0 Å². The molecule has 0 radical (unpaired) electrons. The van der Waals surface area contributed by atoms with Crippen molar-refractivity contribution in [3.63, 3.8) is 0 Å². The minimum absolute atomic E-state index is 0.134. The first-order valence-corrected chi connectivity index (χ1v) is 8.85. The first-order valence-electron chi connectivity index (χ1n) is 7.30. The molecule has 1 aliphatic carbocycles. The Bertz CT molecular complexity index is 757. The van der Waals surface area contributed by atoms with E-state index in [1.54, 1.807) is 54.7 Å². The van der Waals surface area contributed by atoms with Crippen molar-refractivity contribution in [1.82, 2.24) is 4.98 Å². The number of hydrogen-bond acceptors (Lipinski definition) is 4. The van der Waals surface area contributed by atoms with Gasteiger partial charge in [-0.2, -0.15) is 0 Å². The molecule has 1 aromatic heterocycles. The molecular weight excluding hydrogens is 298 g/mol. The second kappa shape index (κ2) is 6.01. The van der Waals surface area contributed by atoms with Crippen molar-refractivity contribution in [3.05, 3.63) is 60.4 Å². The lowest BCUT2D eigenvalue weighted by molar-refractivity contribution is -0.117. The number of hydrogen-bond donors (Lipinski definition) is 0. The van der Waals surface area contributed by atoms with E-state index in [2.05, 4.69) is 4.98 Å². The number of carbonyl (C=O) groups is 1. The lowest BCUT2D eigenvalue weighted by Crippen LogP contribution is -2.22. The van der Waals surface area contributed by atoms with Crippen LogP contribution in [0.1, 0.15) is 30.2 Å². The molecule has 22 heavy (non-hydrogen) atoms. The Kier molecular flexibility index (Phi) is 4.07. The molecule has 0 spiro atoms. The van der Waals surface area contributed by atoms with Crippen LogP contribution in [-0.4, -0.2) is 19.2 Å². The zero-order valence-electron chi connectivity index (χ0n) is 12.1. The summed E-state index contributed by atoms with van der Waals surface area (Å²) in [5.74, 6) is -0.0678. The fraction of sp³-hybridized carbons (Fsp3) is 0.294. The molecule has 2 unspecified atom stereocenters. The molecule has 0 N–H and O–H groups in total. The van der Waals surface area contributed by atoms with Gasteiger partial charge in [0.25, 0.3) is 0 Å². The lowest BCUT2D eigenvalue weighted by Gasteiger charge is -2.22. The van der Waals surface area contributed by atoms with E-state index in [1.807, 2.05) is 0 Å². The smallest absolute Gasteiger partial charge is 0.187 e. The number of sulfone groups is 1. The van der Waals surface area contributed by atoms with Gasteiger partial charge < -0.3 is 0 Å². The van der Waals surface area contributed by atoms with E-state index in [1.165, 1.54) is 0 Å². The summed E-state index contributed by atoms with van der Waals surface area (Å²) in [5.41, 5.74) is 0.519. The number of rotatable bonds is 4. The summed E-state index contributed by atoms with van der Waals surface area (Å²) in [7, 11) is -3.58. The second-order valence-corrected chi connectivity index (χ2v) is 7.64. The van der Waals surface area contributed by atoms with Crippen LogP contribution >= 0.6 is 0 Å². The van der Waals surface area contributed by atoms with Gasteiger partial charge in [-0.25, -0.2) is 8.42 Å². The topological polar surface area (TPSA) is 64.1 Å². The fourth-order valence-electron chi connectivity index (χ4n) is 3.06. The Morgan fingerprint density at radius 2 is 1.77 bits per heavy atom. The Balaban J connectivity index is 2.08. The number of carbonyl (C=O) groups excluding carboxylic acids is 1. The summed E-state index contributed by atoms with van der Waals surface area (Å²) in [6.07, 6.45) is 2.97. The highest BCUT2D eigenvalue weighted by molar-refractivity contribution is 7.91. The van der Waals surface area contributed by atoms with E-state index < -0.39 is 15.1 Å². The van der Waals surface area contributed by atoms with Gasteiger partial charge in [0.2, 0.25) is 0 Å². The van der Waals surface area contributed by atoms with E-state index in [-0.39, 0.29) is 16.6 Å². The number of benzene rings is 1. The van der Waals surface area contributed by atoms with Crippen molar-refractivity contribution in [1.29, 1.82) is 0 Å². The second-order valence-electron chi connectivity index (χ2n) is 5.57. The summed E-state index contributed by atoms with van der Waals surface area (Å²) in [6.45, 7) is 0. The van der Waals surface area contributed by atoms with Gasteiger partial charge in [-0.1, -0.05) is 24.3 Å². The van der Waals surface area contributed by atoms with Crippen LogP contribution in [-0.2, 0) is 14.6 Å². The van der Waals surface area contributed by atoms with Crippen LogP contribution in [0.25, 0.3) is 0 Å². The molecule has 1 fully saturated rings. The highest BCUT2D eigenvalue weighted by Crippen LogP contribution is 2.41. The van der Waals surface area contributed by atoms with Crippen LogP contribution in [0, 0.1) is 5.92 Å². The monoisotopic (exact) mass is 315 g/mol. The Hall–Kier alpha value is -2.01. The molecule has 1 aliphatic rings. The van der Waals surface area contributed by atoms with E-state index in [4.69, 9.17) is 0 Å². The third-order valence-corrected chi connectivity index (χ3v) is 6.32. The molecule has 114 valence electrons.